The molecule has 5 atom stereocenters. The summed E-state index contributed by atoms with van der Waals surface area (Å²) in [6, 6.07) is 12.1. The number of likely N-dealkylation sites (tertiary alicyclic amines) is 1. The predicted octanol–water partition coefficient (Wildman–Crippen LogP) is 3.30. The molecule has 15 heteroatoms. The van der Waals surface area contributed by atoms with Crippen LogP contribution >= 0.6 is 0 Å². The molecule has 2 aliphatic carbocycles. The molecule has 2 aromatic carbocycles. The van der Waals surface area contributed by atoms with E-state index in [1.165, 1.54) is 0 Å². The summed E-state index contributed by atoms with van der Waals surface area (Å²) in [5, 5.41) is 28.4. The van der Waals surface area contributed by atoms with Crippen LogP contribution in [-0.4, -0.2) is 88.7 Å². The van der Waals surface area contributed by atoms with Crippen LogP contribution in [0.1, 0.15) is 48.5 Å². The smallest absolute Gasteiger partial charge is 0.490 e. The first-order valence-corrected chi connectivity index (χ1v) is 14.6. The third kappa shape index (κ3) is 5.89. The third-order valence-electron chi connectivity index (χ3n) is 9.13. The van der Waals surface area contributed by atoms with Crippen molar-refractivity contribution < 1.29 is 66.6 Å². The number of rotatable bonds is 8. The number of methoxy groups -OCH3 is 1. The van der Waals surface area contributed by atoms with Crippen molar-refractivity contribution in [3.63, 3.8) is 0 Å². The fourth-order valence-corrected chi connectivity index (χ4v) is 7.04. The first-order chi connectivity index (χ1) is 22.1. The van der Waals surface area contributed by atoms with Gasteiger partial charge in [-0.3, -0.25) is 9.59 Å². The maximum atomic E-state index is 13.6. The summed E-state index contributed by atoms with van der Waals surface area (Å²) >= 11 is 0. The zero-order chi connectivity index (χ0) is 34.3. The maximum Gasteiger partial charge on any atom is 0.490 e. The molecule has 3 N–H and O–H groups in total. The van der Waals surface area contributed by atoms with E-state index in [-0.39, 0.29) is 24.6 Å². The summed E-state index contributed by atoms with van der Waals surface area (Å²) in [4.78, 5) is 48.1. The highest BCUT2D eigenvalue weighted by Crippen LogP contribution is 2.65. The fourth-order valence-electron chi connectivity index (χ4n) is 7.04. The maximum absolute atomic E-state index is 13.6. The number of aliphatic carboxylic acids is 2. The summed E-state index contributed by atoms with van der Waals surface area (Å²) in [5.41, 5.74) is 0.352. The van der Waals surface area contributed by atoms with E-state index in [0.29, 0.717) is 29.9 Å². The Morgan fingerprint density at radius 2 is 1.77 bits per heavy atom. The lowest BCUT2D eigenvalue weighted by molar-refractivity contribution is -0.192. The molecular formula is C32H32F3NO11. The predicted molar refractivity (Wildman–Crippen MR) is 153 cm³/mol. The Labute approximate surface area is 266 Å². The van der Waals surface area contributed by atoms with E-state index >= 15 is 0 Å². The highest BCUT2D eigenvalue weighted by Gasteiger charge is 2.72. The number of hydrogen-bond acceptors (Lipinski definition) is 10. The number of aliphatic hydroxyl groups is 1. The second kappa shape index (κ2) is 12.5. The normalized spacial score (nSPS) is 25.9. The summed E-state index contributed by atoms with van der Waals surface area (Å²) in [5.74, 6) is -4.23. The molecule has 0 saturated carbocycles. The minimum Gasteiger partial charge on any atom is -0.493 e. The number of nitrogens with zero attached hydrogens (tertiary/aromatic N) is 1. The van der Waals surface area contributed by atoms with Crippen molar-refractivity contribution in [2.45, 2.75) is 67.5 Å². The Morgan fingerprint density at radius 3 is 2.38 bits per heavy atom. The number of carboxylic acid groups (broad SMARTS) is 2. The average molecular weight is 664 g/mol. The van der Waals surface area contributed by atoms with Crippen LogP contribution in [0, 0.1) is 0 Å². The highest BCUT2D eigenvalue weighted by molar-refractivity contribution is 5.83. The van der Waals surface area contributed by atoms with Gasteiger partial charge >= 0.3 is 30.1 Å². The van der Waals surface area contributed by atoms with E-state index < -0.39 is 59.7 Å². The molecule has 2 aromatic rings. The Balaban J connectivity index is 0.000000559. The molecule has 1 fully saturated rings. The fraction of sp³-hybridized carbons (Fsp3) is 0.438. The number of esters is 2. The number of hydrogen-bond donors (Lipinski definition) is 3. The van der Waals surface area contributed by atoms with Crippen LogP contribution in [0.15, 0.2) is 54.3 Å². The molecule has 252 valence electrons. The van der Waals surface area contributed by atoms with E-state index in [9.17, 15) is 32.7 Å². The second-order valence-corrected chi connectivity index (χ2v) is 11.7. The van der Waals surface area contributed by atoms with Gasteiger partial charge in [-0.2, -0.15) is 13.2 Å². The van der Waals surface area contributed by atoms with Crippen molar-refractivity contribution >= 4 is 23.9 Å². The number of likely N-dealkylation sites (N-methyl/N-ethyl adjacent to an activating group) is 1. The number of carbonyl (C=O) groups excluding carboxylic acids is 2. The molecule has 2 bridgehead atoms. The van der Waals surface area contributed by atoms with Gasteiger partial charge in [0.1, 0.15) is 5.76 Å². The standard InChI is InChI=1S/C30H31NO9.C2HF3O2/c1-31-15-14-29-24-18-8-9-19(37-2)26(24)40-27(29)20(12-13-30(29,36)21(31)16-18)38-28(35)25(17-6-4-3-5-7-17)39-23(34)11-10-22(32)33;3-2(4,5)1(6)7/h3-9,12,21,25,27,36H,10-11,13-16H2,1-2H3,(H,32,33);(H,6,7)/t21-,25-,27+,29+,30-;/m1./s1. The van der Waals surface area contributed by atoms with Crippen molar-refractivity contribution in [2.24, 2.45) is 0 Å². The van der Waals surface area contributed by atoms with Gasteiger partial charge in [0.2, 0.25) is 6.10 Å². The highest BCUT2D eigenvalue weighted by atomic mass is 19.4. The van der Waals surface area contributed by atoms with Crippen molar-refractivity contribution in [3.05, 3.63) is 71.0 Å². The van der Waals surface area contributed by atoms with Crippen LogP contribution in [0.3, 0.4) is 0 Å². The van der Waals surface area contributed by atoms with Crippen LogP contribution in [-0.2, 0) is 40.5 Å². The molecule has 6 rings (SSSR count). The molecule has 47 heavy (non-hydrogen) atoms. The molecule has 1 saturated heterocycles. The summed E-state index contributed by atoms with van der Waals surface area (Å²) < 4.78 is 55.3. The molecule has 2 aliphatic heterocycles. The van der Waals surface area contributed by atoms with Gasteiger partial charge in [0.15, 0.2) is 17.6 Å². The zero-order valence-electron chi connectivity index (χ0n) is 25.3. The number of halogens is 3. The quantitative estimate of drug-likeness (QED) is 0.353. The van der Waals surface area contributed by atoms with E-state index in [2.05, 4.69) is 4.90 Å². The zero-order valence-corrected chi connectivity index (χ0v) is 25.3. The van der Waals surface area contributed by atoms with E-state index in [0.717, 1.165) is 17.7 Å². The van der Waals surface area contributed by atoms with Gasteiger partial charge in [-0.05, 0) is 44.1 Å². The van der Waals surface area contributed by atoms with Crippen molar-refractivity contribution in [1.82, 2.24) is 4.90 Å². The lowest BCUT2D eigenvalue weighted by atomic mass is 9.50. The van der Waals surface area contributed by atoms with E-state index in [1.807, 2.05) is 19.2 Å². The Hall–Kier alpha value is -4.63. The minimum absolute atomic E-state index is 0.153. The molecule has 0 amide bonds. The first-order valence-electron chi connectivity index (χ1n) is 14.6. The number of alkyl halides is 3. The van der Waals surface area contributed by atoms with Gasteiger partial charge in [0, 0.05) is 23.6 Å². The number of ether oxygens (including phenoxy) is 4. The lowest BCUT2D eigenvalue weighted by Gasteiger charge is -2.61. The molecule has 12 nitrogen and oxygen atoms in total. The topological polar surface area (TPSA) is 169 Å². The SMILES string of the molecule is COc1ccc2c3c1O[C@H]1C(OC(=O)[C@H](OC(=O)CCC(=O)O)c4ccccc4)=CC[C@@]4(O)[C@@H](C2)N(C)CC[C@]314.O=C(O)C(F)(F)F. The monoisotopic (exact) mass is 663 g/mol. The van der Waals surface area contributed by atoms with Gasteiger partial charge in [-0.25, -0.2) is 9.59 Å². The van der Waals surface area contributed by atoms with Crippen LogP contribution in [0.2, 0.25) is 0 Å². The summed E-state index contributed by atoms with van der Waals surface area (Å²) in [6.45, 7) is 0.720. The summed E-state index contributed by atoms with van der Waals surface area (Å²) in [7, 11) is 3.58. The molecular weight excluding hydrogens is 631 g/mol. The molecule has 2 heterocycles. The Bertz CT molecular complexity index is 1610. The largest absolute Gasteiger partial charge is 0.493 e. The van der Waals surface area contributed by atoms with Gasteiger partial charge in [-0.1, -0.05) is 36.4 Å². The Kier molecular flexibility index (Phi) is 8.99. The van der Waals surface area contributed by atoms with Crippen molar-refractivity contribution in [3.8, 4) is 11.5 Å². The first kappa shape index (κ1) is 33.7. The van der Waals surface area contributed by atoms with E-state index in [4.69, 9.17) is 34.0 Å². The van der Waals surface area contributed by atoms with Crippen LogP contribution in [0.25, 0.3) is 0 Å². The summed E-state index contributed by atoms with van der Waals surface area (Å²) in [6.07, 6.45) is -4.92. The van der Waals surface area contributed by atoms with Crippen LogP contribution in [0.5, 0.6) is 11.5 Å². The lowest BCUT2D eigenvalue weighted by Crippen LogP contribution is -2.74. The molecule has 4 aliphatic rings. The van der Waals surface area contributed by atoms with E-state index in [1.54, 1.807) is 43.5 Å². The number of carbonyl (C=O) groups is 4. The van der Waals surface area contributed by atoms with Gasteiger partial charge < -0.3 is 39.2 Å². The van der Waals surface area contributed by atoms with Gasteiger partial charge in [0.05, 0.1) is 31.0 Å². The van der Waals surface area contributed by atoms with Gasteiger partial charge in [0.25, 0.3) is 0 Å². The average Bonchev–Trinajstić information content (AvgIpc) is 3.38. The minimum atomic E-state index is -5.08. The van der Waals surface area contributed by atoms with Crippen LogP contribution < -0.4 is 9.47 Å². The van der Waals surface area contributed by atoms with Crippen molar-refractivity contribution in [1.29, 1.82) is 0 Å². The second-order valence-electron chi connectivity index (χ2n) is 11.7. The molecule has 0 unspecified atom stereocenters. The van der Waals surface area contributed by atoms with Crippen LogP contribution in [0.4, 0.5) is 13.2 Å². The number of benzene rings is 2. The number of carboxylic acids is 2. The molecule has 0 radical (unpaired) electrons. The molecule has 0 aromatic heterocycles. The molecule has 1 spiro atoms. The Morgan fingerprint density at radius 1 is 1.09 bits per heavy atom. The van der Waals surface area contributed by atoms with Crippen molar-refractivity contribution in [2.75, 3.05) is 20.7 Å². The third-order valence-corrected chi connectivity index (χ3v) is 9.13. The number of piperidine rings is 1. The van der Waals surface area contributed by atoms with Gasteiger partial charge in [-0.15, -0.1) is 0 Å².